The van der Waals surface area contributed by atoms with Crippen LogP contribution in [0.1, 0.15) is 20.8 Å². The number of fused-ring (bicyclic) bond motifs is 3. The molecule has 7 nitrogen and oxygen atoms in total. The molecule has 176 valence electrons. The third-order valence-electron chi connectivity index (χ3n) is 5.94. The van der Waals surface area contributed by atoms with Crippen molar-refractivity contribution in [3.05, 3.63) is 74.6 Å². The van der Waals surface area contributed by atoms with Crippen molar-refractivity contribution in [1.82, 2.24) is 4.90 Å². The van der Waals surface area contributed by atoms with Gasteiger partial charge in [0.1, 0.15) is 18.0 Å². The second-order valence-electron chi connectivity index (χ2n) is 7.99. The summed E-state index contributed by atoms with van der Waals surface area (Å²) < 4.78 is 44.7. The number of amides is 1. The number of nitro benzene ring substituents is 1. The highest BCUT2D eigenvalue weighted by atomic mass is 32.1. The number of hydrogen-bond donors (Lipinski definition) is 0. The highest BCUT2D eigenvalue weighted by Crippen LogP contribution is 2.43. The van der Waals surface area contributed by atoms with Crippen LogP contribution in [0.3, 0.4) is 0 Å². The van der Waals surface area contributed by atoms with E-state index in [2.05, 4.69) is 0 Å². The van der Waals surface area contributed by atoms with Gasteiger partial charge >= 0.3 is 6.18 Å². The van der Waals surface area contributed by atoms with Gasteiger partial charge in [0.15, 0.2) is 0 Å². The number of halogens is 3. The number of alkyl halides is 3. The van der Waals surface area contributed by atoms with E-state index in [1.165, 1.54) is 11.3 Å². The molecule has 2 aliphatic rings. The predicted octanol–water partition coefficient (Wildman–Crippen LogP) is 5.20. The fourth-order valence-electron chi connectivity index (χ4n) is 4.22. The Balaban J connectivity index is 1.32. The number of nitrogens with zero attached hydrogens (tertiary/aromatic N) is 3. The van der Waals surface area contributed by atoms with E-state index < -0.39 is 22.4 Å². The van der Waals surface area contributed by atoms with Gasteiger partial charge in [-0.1, -0.05) is 12.1 Å². The lowest BCUT2D eigenvalue weighted by molar-refractivity contribution is -0.384. The Bertz CT molecular complexity index is 1280. The second-order valence-corrected chi connectivity index (χ2v) is 9.04. The van der Waals surface area contributed by atoms with Crippen LogP contribution in [0.4, 0.5) is 24.5 Å². The number of hydrogen-bond acceptors (Lipinski definition) is 6. The average molecular weight is 489 g/mol. The summed E-state index contributed by atoms with van der Waals surface area (Å²) in [6.07, 6.45) is -4.67. The van der Waals surface area contributed by atoms with Gasteiger partial charge in [-0.15, -0.1) is 11.3 Å². The molecule has 1 saturated heterocycles. The van der Waals surface area contributed by atoms with E-state index in [4.69, 9.17) is 4.74 Å². The molecule has 0 spiro atoms. The van der Waals surface area contributed by atoms with Crippen LogP contribution in [0.25, 0.3) is 10.4 Å². The summed E-state index contributed by atoms with van der Waals surface area (Å²) in [5.41, 5.74) is 0.354. The first kappa shape index (κ1) is 22.2. The molecule has 0 N–H and O–H groups in total. The summed E-state index contributed by atoms with van der Waals surface area (Å²) in [6, 6.07) is 12.0. The summed E-state index contributed by atoms with van der Waals surface area (Å²) in [5, 5.41) is 11.4. The molecule has 3 heterocycles. The molecule has 0 radical (unpaired) electrons. The summed E-state index contributed by atoms with van der Waals surface area (Å²) >= 11 is 1.41. The molecule has 0 saturated carbocycles. The van der Waals surface area contributed by atoms with Gasteiger partial charge in [-0.25, -0.2) is 0 Å². The number of para-hydroxylation sites is 1. The molecule has 3 aromatic rings. The zero-order chi connectivity index (χ0) is 24.0. The molecule has 34 heavy (non-hydrogen) atoms. The normalized spacial score (nSPS) is 15.4. The van der Waals surface area contributed by atoms with Gasteiger partial charge < -0.3 is 14.5 Å². The molecular formula is C23H18F3N3O4S. The molecule has 5 rings (SSSR count). The van der Waals surface area contributed by atoms with Crippen molar-refractivity contribution in [2.45, 2.75) is 12.8 Å². The lowest BCUT2D eigenvalue weighted by atomic mass is 10.1. The number of carbonyl (C=O) groups excluding carboxylic acids is 1. The molecule has 0 bridgehead atoms. The maximum absolute atomic E-state index is 13.1. The van der Waals surface area contributed by atoms with Gasteiger partial charge in [0.25, 0.3) is 11.6 Å². The quantitative estimate of drug-likeness (QED) is 0.374. The van der Waals surface area contributed by atoms with E-state index in [0.717, 1.165) is 33.9 Å². The van der Waals surface area contributed by atoms with Gasteiger partial charge in [0.2, 0.25) is 0 Å². The van der Waals surface area contributed by atoms with Crippen LogP contribution in [0, 0.1) is 10.1 Å². The lowest BCUT2D eigenvalue weighted by Crippen LogP contribution is -2.48. The van der Waals surface area contributed by atoms with Crippen molar-refractivity contribution in [1.29, 1.82) is 0 Å². The van der Waals surface area contributed by atoms with Crippen molar-refractivity contribution in [2.75, 3.05) is 31.1 Å². The number of ether oxygens (including phenoxy) is 1. The topological polar surface area (TPSA) is 75.9 Å². The molecule has 1 amide bonds. The number of carbonyl (C=O) groups is 1. The van der Waals surface area contributed by atoms with Crippen LogP contribution in [0.15, 0.2) is 48.5 Å². The van der Waals surface area contributed by atoms with E-state index in [0.29, 0.717) is 30.6 Å². The zero-order valence-electron chi connectivity index (χ0n) is 17.7. The molecule has 2 aliphatic heterocycles. The summed E-state index contributed by atoms with van der Waals surface area (Å²) in [7, 11) is 0. The fraction of sp³-hybridized carbons (Fsp3) is 0.261. The molecule has 11 heteroatoms. The van der Waals surface area contributed by atoms with E-state index in [1.54, 1.807) is 9.80 Å². The molecule has 0 atom stereocenters. The third-order valence-corrected chi connectivity index (χ3v) is 7.14. The van der Waals surface area contributed by atoms with Gasteiger partial charge in [0.05, 0.1) is 15.4 Å². The average Bonchev–Trinajstić information content (AvgIpc) is 3.28. The lowest BCUT2D eigenvalue weighted by Gasteiger charge is -2.35. The van der Waals surface area contributed by atoms with Gasteiger partial charge in [0, 0.05) is 48.2 Å². The van der Waals surface area contributed by atoms with Crippen LogP contribution in [-0.2, 0) is 12.8 Å². The standard InChI is InChI=1S/C23H18F3N3O4S/c24-23(25,26)15-5-6-17(18(12-15)29(31)32)27-7-9-28(10-8-27)22(30)20-11-14-13-33-19-4-2-1-3-16(19)21(14)34-20/h1-6,11-12H,7-10,13H2. The number of thiophene rings is 1. The number of benzene rings is 2. The Hall–Kier alpha value is -3.60. The van der Waals surface area contributed by atoms with Crippen LogP contribution in [0.5, 0.6) is 5.75 Å². The van der Waals surface area contributed by atoms with Crippen LogP contribution in [0.2, 0.25) is 0 Å². The maximum Gasteiger partial charge on any atom is 0.416 e. The van der Waals surface area contributed by atoms with E-state index in [-0.39, 0.29) is 24.7 Å². The minimum absolute atomic E-state index is 0.116. The van der Waals surface area contributed by atoms with Crippen LogP contribution in [-0.4, -0.2) is 41.9 Å². The number of anilines is 1. The summed E-state index contributed by atoms with van der Waals surface area (Å²) in [6.45, 7) is 1.53. The molecular weight excluding hydrogens is 471 g/mol. The van der Waals surface area contributed by atoms with Gasteiger partial charge in [-0.2, -0.15) is 13.2 Å². The zero-order valence-corrected chi connectivity index (χ0v) is 18.5. The summed E-state index contributed by atoms with van der Waals surface area (Å²) in [4.78, 5) is 28.7. The van der Waals surface area contributed by atoms with Crippen LogP contribution >= 0.6 is 11.3 Å². The fourth-order valence-corrected chi connectivity index (χ4v) is 5.39. The minimum Gasteiger partial charge on any atom is -0.488 e. The van der Waals surface area contributed by atoms with Crippen molar-refractivity contribution in [3.63, 3.8) is 0 Å². The van der Waals surface area contributed by atoms with E-state index in [9.17, 15) is 28.1 Å². The maximum atomic E-state index is 13.1. The molecule has 1 fully saturated rings. The predicted molar refractivity (Wildman–Crippen MR) is 120 cm³/mol. The first-order chi connectivity index (χ1) is 16.2. The Morgan fingerprint density at radius 2 is 1.79 bits per heavy atom. The van der Waals surface area contributed by atoms with Crippen molar-refractivity contribution < 1.29 is 27.6 Å². The van der Waals surface area contributed by atoms with Crippen LogP contribution < -0.4 is 9.64 Å². The molecule has 2 aromatic carbocycles. The highest BCUT2D eigenvalue weighted by Gasteiger charge is 2.35. The Kier molecular flexibility index (Phi) is 5.43. The number of nitro groups is 1. The van der Waals surface area contributed by atoms with Crippen molar-refractivity contribution in [3.8, 4) is 16.2 Å². The first-order valence-electron chi connectivity index (χ1n) is 10.5. The summed E-state index contributed by atoms with van der Waals surface area (Å²) in [5.74, 6) is 0.640. The molecule has 0 aliphatic carbocycles. The van der Waals surface area contributed by atoms with E-state index in [1.807, 2.05) is 30.3 Å². The van der Waals surface area contributed by atoms with Crippen molar-refractivity contribution in [2.24, 2.45) is 0 Å². The van der Waals surface area contributed by atoms with Gasteiger partial charge in [-0.05, 0) is 30.3 Å². The smallest absolute Gasteiger partial charge is 0.416 e. The highest BCUT2D eigenvalue weighted by molar-refractivity contribution is 7.17. The third kappa shape index (κ3) is 3.96. The molecule has 1 aromatic heterocycles. The van der Waals surface area contributed by atoms with E-state index >= 15 is 0 Å². The largest absolute Gasteiger partial charge is 0.488 e. The molecule has 0 unspecified atom stereocenters. The monoisotopic (exact) mass is 489 g/mol. The SMILES string of the molecule is O=C(c1cc2c(s1)-c1ccccc1OC2)N1CCN(c2ccc(C(F)(F)F)cc2[N+](=O)[O-])CC1. The van der Waals surface area contributed by atoms with Gasteiger partial charge in [-0.3, -0.25) is 14.9 Å². The number of piperazine rings is 1. The Morgan fingerprint density at radius 3 is 2.50 bits per heavy atom. The second kappa shape index (κ2) is 8.32. The Labute approximate surface area is 196 Å². The minimum atomic E-state index is -4.67. The number of rotatable bonds is 3. The Morgan fingerprint density at radius 1 is 1.06 bits per heavy atom. The van der Waals surface area contributed by atoms with Crippen molar-refractivity contribution >= 4 is 28.6 Å². The first-order valence-corrected chi connectivity index (χ1v) is 11.3.